The summed E-state index contributed by atoms with van der Waals surface area (Å²) in [7, 11) is 0. The Morgan fingerprint density at radius 2 is 1.71 bits per heavy atom. The SMILES string of the molecule is CCCC/C=C1/c2ccccc2CC1(C)c1ccccc1. The van der Waals surface area contributed by atoms with E-state index in [1.807, 2.05) is 0 Å². The van der Waals surface area contributed by atoms with Crippen LogP contribution in [0.2, 0.25) is 0 Å². The van der Waals surface area contributed by atoms with E-state index in [0.717, 1.165) is 6.42 Å². The van der Waals surface area contributed by atoms with Gasteiger partial charge in [0.25, 0.3) is 0 Å². The van der Waals surface area contributed by atoms with Crippen LogP contribution in [0.15, 0.2) is 60.7 Å². The molecule has 2 aromatic carbocycles. The Balaban J connectivity index is 2.06. The van der Waals surface area contributed by atoms with Crippen molar-refractivity contribution >= 4 is 5.57 Å². The largest absolute Gasteiger partial charge is 0.0798 e. The van der Waals surface area contributed by atoms with Gasteiger partial charge in [0.05, 0.1) is 0 Å². The van der Waals surface area contributed by atoms with E-state index in [4.69, 9.17) is 0 Å². The van der Waals surface area contributed by atoms with Crippen LogP contribution in [0.1, 0.15) is 49.8 Å². The van der Waals surface area contributed by atoms with Crippen LogP contribution in [0.3, 0.4) is 0 Å². The summed E-state index contributed by atoms with van der Waals surface area (Å²) in [5.74, 6) is 0. The molecule has 0 radical (unpaired) electrons. The number of allylic oxidation sites excluding steroid dienone is 2. The Bertz CT molecular complexity index is 636. The molecule has 1 aliphatic rings. The third-order valence-corrected chi connectivity index (χ3v) is 4.76. The molecule has 0 N–H and O–H groups in total. The van der Waals surface area contributed by atoms with E-state index in [-0.39, 0.29) is 5.41 Å². The third-order valence-electron chi connectivity index (χ3n) is 4.76. The number of hydrogen-bond donors (Lipinski definition) is 0. The zero-order chi connectivity index (χ0) is 14.7. The van der Waals surface area contributed by atoms with E-state index >= 15 is 0 Å². The average molecular weight is 276 g/mol. The molecule has 2 aromatic rings. The van der Waals surface area contributed by atoms with Gasteiger partial charge in [0, 0.05) is 5.41 Å². The summed E-state index contributed by atoms with van der Waals surface area (Å²) < 4.78 is 0. The fourth-order valence-corrected chi connectivity index (χ4v) is 3.56. The first-order valence-corrected chi connectivity index (χ1v) is 8.10. The summed E-state index contributed by atoms with van der Waals surface area (Å²) in [6.07, 6.45) is 7.32. The van der Waals surface area contributed by atoms with Crippen LogP contribution in [0.25, 0.3) is 5.57 Å². The Hall–Kier alpha value is -1.82. The van der Waals surface area contributed by atoms with Crippen LogP contribution in [-0.4, -0.2) is 0 Å². The van der Waals surface area contributed by atoms with Gasteiger partial charge in [-0.3, -0.25) is 0 Å². The smallest absolute Gasteiger partial charge is 0.0218 e. The predicted molar refractivity (Wildman–Crippen MR) is 91.4 cm³/mol. The first kappa shape index (κ1) is 14.1. The number of benzene rings is 2. The highest BCUT2D eigenvalue weighted by molar-refractivity contribution is 5.81. The van der Waals surface area contributed by atoms with Gasteiger partial charge < -0.3 is 0 Å². The van der Waals surface area contributed by atoms with Crippen LogP contribution in [-0.2, 0) is 11.8 Å². The van der Waals surface area contributed by atoms with E-state index in [0.29, 0.717) is 0 Å². The molecule has 0 saturated carbocycles. The van der Waals surface area contributed by atoms with Crippen molar-refractivity contribution in [3.8, 4) is 0 Å². The standard InChI is InChI=1S/C21H24/c1-3-4-6-15-20-19-14-10-9-11-17(19)16-21(20,2)18-12-7-5-8-13-18/h5,7-15H,3-4,6,16H2,1-2H3/b20-15-. The molecular weight excluding hydrogens is 252 g/mol. The highest BCUT2D eigenvalue weighted by Crippen LogP contribution is 2.48. The molecule has 0 amide bonds. The van der Waals surface area contributed by atoms with Crippen LogP contribution in [0, 0.1) is 0 Å². The Morgan fingerprint density at radius 3 is 2.48 bits per heavy atom. The quantitative estimate of drug-likeness (QED) is 0.621. The molecule has 0 bridgehead atoms. The van der Waals surface area contributed by atoms with Crippen LogP contribution in [0.4, 0.5) is 0 Å². The first-order chi connectivity index (χ1) is 10.3. The van der Waals surface area contributed by atoms with Gasteiger partial charge in [-0.05, 0) is 35.1 Å². The zero-order valence-electron chi connectivity index (χ0n) is 13.1. The molecule has 0 aliphatic heterocycles. The van der Waals surface area contributed by atoms with Crippen molar-refractivity contribution in [2.24, 2.45) is 0 Å². The van der Waals surface area contributed by atoms with E-state index in [1.165, 1.54) is 41.5 Å². The molecule has 0 heterocycles. The monoisotopic (exact) mass is 276 g/mol. The number of unbranched alkanes of at least 4 members (excludes halogenated alkanes) is 2. The second kappa shape index (κ2) is 5.89. The molecule has 1 unspecified atom stereocenters. The molecule has 108 valence electrons. The number of fused-ring (bicyclic) bond motifs is 1. The summed E-state index contributed by atoms with van der Waals surface area (Å²) in [6.45, 7) is 4.66. The van der Waals surface area contributed by atoms with E-state index in [2.05, 4.69) is 74.5 Å². The summed E-state index contributed by atoms with van der Waals surface area (Å²) in [5, 5.41) is 0. The zero-order valence-corrected chi connectivity index (χ0v) is 13.1. The predicted octanol–water partition coefficient (Wildman–Crippen LogP) is 5.77. The van der Waals surface area contributed by atoms with Crippen molar-refractivity contribution in [1.82, 2.24) is 0 Å². The second-order valence-corrected chi connectivity index (χ2v) is 6.29. The molecule has 0 nitrogen and oxygen atoms in total. The summed E-state index contributed by atoms with van der Waals surface area (Å²) in [6, 6.07) is 19.9. The molecular formula is C21H24. The fraction of sp³-hybridized carbons (Fsp3) is 0.333. The first-order valence-electron chi connectivity index (χ1n) is 8.10. The van der Waals surface area contributed by atoms with E-state index in [9.17, 15) is 0 Å². The third kappa shape index (κ3) is 2.55. The molecule has 1 aliphatic carbocycles. The molecule has 0 spiro atoms. The molecule has 1 atom stereocenters. The van der Waals surface area contributed by atoms with Gasteiger partial charge in [0.15, 0.2) is 0 Å². The lowest BCUT2D eigenvalue weighted by Gasteiger charge is -2.27. The van der Waals surface area contributed by atoms with Crippen molar-refractivity contribution in [2.75, 3.05) is 0 Å². The molecule has 0 saturated heterocycles. The van der Waals surface area contributed by atoms with Crippen molar-refractivity contribution in [3.63, 3.8) is 0 Å². The van der Waals surface area contributed by atoms with Gasteiger partial charge in [-0.2, -0.15) is 0 Å². The van der Waals surface area contributed by atoms with Crippen LogP contribution in [0.5, 0.6) is 0 Å². The minimum Gasteiger partial charge on any atom is -0.0798 e. The summed E-state index contributed by atoms with van der Waals surface area (Å²) in [5.41, 5.74) is 6.03. The topological polar surface area (TPSA) is 0 Å². The summed E-state index contributed by atoms with van der Waals surface area (Å²) in [4.78, 5) is 0. The number of rotatable bonds is 4. The molecule has 0 heteroatoms. The van der Waals surface area contributed by atoms with Crippen molar-refractivity contribution in [1.29, 1.82) is 0 Å². The highest BCUT2D eigenvalue weighted by Gasteiger charge is 2.38. The lowest BCUT2D eigenvalue weighted by atomic mass is 9.76. The van der Waals surface area contributed by atoms with Crippen molar-refractivity contribution < 1.29 is 0 Å². The van der Waals surface area contributed by atoms with Crippen molar-refractivity contribution in [3.05, 3.63) is 77.4 Å². The maximum Gasteiger partial charge on any atom is 0.0218 e. The van der Waals surface area contributed by atoms with Gasteiger partial charge in [-0.1, -0.05) is 87.4 Å². The molecule has 3 rings (SSSR count). The Kier molecular flexibility index (Phi) is 3.96. The van der Waals surface area contributed by atoms with Gasteiger partial charge in [-0.15, -0.1) is 0 Å². The lowest BCUT2D eigenvalue weighted by Crippen LogP contribution is -2.21. The Morgan fingerprint density at radius 1 is 1.00 bits per heavy atom. The fourth-order valence-electron chi connectivity index (χ4n) is 3.56. The van der Waals surface area contributed by atoms with Gasteiger partial charge in [0.2, 0.25) is 0 Å². The van der Waals surface area contributed by atoms with Crippen molar-refractivity contribution in [2.45, 2.75) is 44.9 Å². The van der Waals surface area contributed by atoms with E-state index < -0.39 is 0 Å². The maximum atomic E-state index is 2.49. The lowest BCUT2D eigenvalue weighted by molar-refractivity contribution is 0.635. The summed E-state index contributed by atoms with van der Waals surface area (Å²) >= 11 is 0. The highest BCUT2D eigenvalue weighted by atomic mass is 14.4. The van der Waals surface area contributed by atoms with Gasteiger partial charge in [0.1, 0.15) is 0 Å². The van der Waals surface area contributed by atoms with Gasteiger partial charge >= 0.3 is 0 Å². The number of hydrogen-bond acceptors (Lipinski definition) is 0. The second-order valence-electron chi connectivity index (χ2n) is 6.29. The molecule has 0 fully saturated rings. The average Bonchev–Trinajstić information content (AvgIpc) is 2.82. The minimum atomic E-state index is 0.124. The van der Waals surface area contributed by atoms with Crippen LogP contribution < -0.4 is 0 Å². The maximum absolute atomic E-state index is 2.49. The minimum absolute atomic E-state index is 0.124. The van der Waals surface area contributed by atoms with Crippen LogP contribution >= 0.6 is 0 Å². The van der Waals surface area contributed by atoms with E-state index in [1.54, 1.807) is 0 Å². The van der Waals surface area contributed by atoms with Gasteiger partial charge in [-0.25, -0.2) is 0 Å². The molecule has 0 aromatic heterocycles. The Labute approximate surface area is 128 Å². The normalized spacial score (nSPS) is 22.5. The molecule has 21 heavy (non-hydrogen) atoms.